The molecule has 1 heteroatoms. The van der Waals surface area contributed by atoms with Crippen molar-refractivity contribution in [1.29, 1.82) is 0 Å². The molecular weight excluding hydrogens is 91.0 g/mol. The van der Waals surface area contributed by atoms with Gasteiger partial charge in [0.1, 0.15) is 0 Å². The minimum absolute atomic E-state index is 0. The van der Waals surface area contributed by atoms with Gasteiger partial charge in [0.2, 0.25) is 0 Å². The van der Waals surface area contributed by atoms with E-state index in [9.17, 15) is 0 Å². The van der Waals surface area contributed by atoms with Crippen LogP contribution in [0.4, 0.5) is 0 Å². The molecule has 0 unspecified atom stereocenters. The first-order valence-electron chi connectivity index (χ1n) is 3.29. The van der Waals surface area contributed by atoms with Crippen molar-refractivity contribution in [3.05, 3.63) is 5.92 Å². The third kappa shape index (κ3) is 0.970. The van der Waals surface area contributed by atoms with Gasteiger partial charge in [0.15, 0.2) is 0 Å². The predicted molar refractivity (Wildman–Crippen MR) is 29.8 cm³/mol. The first-order chi connectivity index (χ1) is 3.45. The summed E-state index contributed by atoms with van der Waals surface area (Å²) in [6, 6.07) is 0. The summed E-state index contributed by atoms with van der Waals surface area (Å²) in [7, 11) is 0. The van der Waals surface area contributed by atoms with E-state index in [0.29, 0.717) is 0 Å². The third-order valence-electron chi connectivity index (χ3n) is 2.39. The Morgan fingerprint density at radius 1 is 1.12 bits per heavy atom. The largest absolute Gasteiger partial charge is 1.00 e. The minimum Gasteiger partial charge on any atom is -0.313 e. The second kappa shape index (κ2) is 2.46. The van der Waals surface area contributed by atoms with Crippen LogP contribution in [-0.2, 0) is 0 Å². The number of rotatable bonds is 0. The van der Waals surface area contributed by atoms with Crippen molar-refractivity contribution in [2.75, 3.05) is 0 Å². The maximum atomic E-state index is 1.87. The fourth-order valence-corrected chi connectivity index (χ4v) is 1.90. The molecule has 0 aromatic rings. The molecule has 2 rings (SSSR count). The van der Waals surface area contributed by atoms with Gasteiger partial charge < -0.3 is 5.92 Å². The monoisotopic (exact) mass is 102 g/mol. The summed E-state index contributed by atoms with van der Waals surface area (Å²) in [5.41, 5.74) is 0. The van der Waals surface area contributed by atoms with Crippen molar-refractivity contribution < 1.29 is 18.9 Å². The molecule has 8 heavy (non-hydrogen) atoms. The van der Waals surface area contributed by atoms with E-state index in [0.717, 1.165) is 5.92 Å². The van der Waals surface area contributed by atoms with Gasteiger partial charge in [-0.25, -0.2) is 0 Å². The van der Waals surface area contributed by atoms with Crippen molar-refractivity contribution in [2.24, 2.45) is 5.92 Å². The van der Waals surface area contributed by atoms with Gasteiger partial charge in [0.25, 0.3) is 0 Å². The van der Waals surface area contributed by atoms with E-state index in [-0.39, 0.29) is 18.9 Å². The summed E-state index contributed by atoms with van der Waals surface area (Å²) in [5.74, 6) is 3.00. The predicted octanol–water partition coefficient (Wildman–Crippen LogP) is -0.841. The van der Waals surface area contributed by atoms with E-state index < -0.39 is 0 Å². The molecule has 2 fully saturated rings. The molecule has 0 heterocycles. The van der Waals surface area contributed by atoms with Crippen LogP contribution in [0, 0.1) is 11.8 Å². The minimum atomic E-state index is 0. The standard InChI is InChI=1S/C7H11.Li/c1-2-7-4-3-6(1)5-7;/h6H,1-5H2;/q-1;+1. The average molecular weight is 102 g/mol. The normalized spacial score (nSPS) is 28.5. The van der Waals surface area contributed by atoms with E-state index in [1.54, 1.807) is 0 Å². The van der Waals surface area contributed by atoms with E-state index in [4.69, 9.17) is 0 Å². The Bertz CT molecular complexity index is 62.5. The van der Waals surface area contributed by atoms with Crippen molar-refractivity contribution in [2.45, 2.75) is 32.1 Å². The zero-order chi connectivity index (χ0) is 4.69. The smallest absolute Gasteiger partial charge is 0.313 e. The van der Waals surface area contributed by atoms with Crippen molar-refractivity contribution in [3.63, 3.8) is 0 Å². The first-order valence-corrected chi connectivity index (χ1v) is 3.29. The van der Waals surface area contributed by atoms with Crippen LogP contribution in [-0.4, -0.2) is 0 Å². The summed E-state index contributed by atoms with van der Waals surface area (Å²) >= 11 is 0. The van der Waals surface area contributed by atoms with Crippen molar-refractivity contribution in [1.82, 2.24) is 0 Å². The van der Waals surface area contributed by atoms with Gasteiger partial charge >= 0.3 is 18.9 Å². The first kappa shape index (κ1) is 6.71. The van der Waals surface area contributed by atoms with Crippen LogP contribution < -0.4 is 18.9 Å². The van der Waals surface area contributed by atoms with Gasteiger partial charge in [-0.3, -0.25) is 0 Å². The molecule has 40 valence electrons. The van der Waals surface area contributed by atoms with Crippen LogP contribution in [0.25, 0.3) is 0 Å². The molecule has 0 spiro atoms. The molecule has 0 atom stereocenters. The van der Waals surface area contributed by atoms with E-state index in [2.05, 4.69) is 0 Å². The molecule has 0 saturated heterocycles. The molecule has 0 aromatic carbocycles. The molecule has 2 saturated carbocycles. The fraction of sp³-hybridized carbons (Fsp3) is 0.857. The molecule has 2 aliphatic carbocycles. The Balaban J connectivity index is 0.000000320. The molecule has 0 aromatic heterocycles. The number of fused-ring (bicyclic) bond motifs is 2. The second-order valence-electron chi connectivity index (χ2n) is 2.90. The third-order valence-corrected chi connectivity index (χ3v) is 2.39. The topological polar surface area (TPSA) is 0 Å². The van der Waals surface area contributed by atoms with Crippen LogP contribution in [0.3, 0.4) is 0 Å². The SMILES string of the molecule is C1CC2CC[C-]1C2.[Li+]. The Kier molecular flexibility index (Phi) is 2.06. The summed E-state index contributed by atoms with van der Waals surface area (Å²) in [6.07, 6.45) is 7.50. The Labute approximate surface area is 63.2 Å². The summed E-state index contributed by atoms with van der Waals surface area (Å²) in [4.78, 5) is 0. The maximum absolute atomic E-state index is 1.87. The van der Waals surface area contributed by atoms with Gasteiger partial charge in [0, 0.05) is 0 Å². The summed E-state index contributed by atoms with van der Waals surface area (Å²) in [6.45, 7) is 0. The Morgan fingerprint density at radius 3 is 1.88 bits per heavy atom. The molecule has 0 amide bonds. The second-order valence-corrected chi connectivity index (χ2v) is 2.90. The van der Waals surface area contributed by atoms with Gasteiger partial charge in [0.05, 0.1) is 0 Å². The Hall–Kier alpha value is 0.597. The average Bonchev–Trinajstić information content (AvgIpc) is 2.22. The molecule has 0 nitrogen and oxygen atoms in total. The Morgan fingerprint density at radius 2 is 1.75 bits per heavy atom. The van der Waals surface area contributed by atoms with E-state index in [1.807, 2.05) is 5.92 Å². The van der Waals surface area contributed by atoms with Crippen LogP contribution in [0.2, 0.25) is 0 Å². The van der Waals surface area contributed by atoms with Gasteiger partial charge in [-0.2, -0.15) is 19.3 Å². The van der Waals surface area contributed by atoms with Crippen LogP contribution in [0.1, 0.15) is 32.1 Å². The quantitative estimate of drug-likeness (QED) is 0.276. The van der Waals surface area contributed by atoms with Crippen LogP contribution in [0.15, 0.2) is 0 Å². The number of hydrogen-bond acceptors (Lipinski definition) is 0. The van der Waals surface area contributed by atoms with Gasteiger partial charge in [-0.05, 0) is 0 Å². The zero-order valence-corrected chi connectivity index (χ0v) is 5.61. The molecule has 0 N–H and O–H groups in total. The van der Waals surface area contributed by atoms with Gasteiger partial charge in [-0.15, -0.1) is 0 Å². The van der Waals surface area contributed by atoms with E-state index in [1.165, 1.54) is 32.1 Å². The van der Waals surface area contributed by atoms with Crippen molar-refractivity contribution >= 4 is 0 Å². The number of hydrogen-bond donors (Lipinski definition) is 0. The summed E-state index contributed by atoms with van der Waals surface area (Å²) < 4.78 is 0. The summed E-state index contributed by atoms with van der Waals surface area (Å²) in [5, 5.41) is 0. The molecule has 0 aliphatic heterocycles. The zero-order valence-electron chi connectivity index (χ0n) is 5.61. The maximum Gasteiger partial charge on any atom is 1.00 e. The van der Waals surface area contributed by atoms with E-state index >= 15 is 0 Å². The molecule has 2 aliphatic rings. The molecule has 0 radical (unpaired) electrons. The van der Waals surface area contributed by atoms with Crippen molar-refractivity contribution in [3.8, 4) is 0 Å². The molecular formula is C7H11Li. The fourth-order valence-electron chi connectivity index (χ4n) is 1.90. The van der Waals surface area contributed by atoms with Crippen LogP contribution in [0.5, 0.6) is 0 Å². The van der Waals surface area contributed by atoms with Gasteiger partial charge in [-0.1, -0.05) is 18.8 Å². The molecule has 2 bridgehead atoms. The van der Waals surface area contributed by atoms with Crippen LogP contribution >= 0.6 is 0 Å².